The smallest absolute Gasteiger partial charge is 0.211 e. The zero-order chi connectivity index (χ0) is 32.3. The topological polar surface area (TPSA) is 113 Å². The summed E-state index contributed by atoms with van der Waals surface area (Å²) in [6, 6.07) is 16.7. The third-order valence-electron chi connectivity index (χ3n) is 9.79. The Hall–Kier alpha value is -3.47. The fourth-order valence-electron chi connectivity index (χ4n) is 7.16. The van der Waals surface area contributed by atoms with Gasteiger partial charge >= 0.3 is 0 Å². The van der Waals surface area contributed by atoms with E-state index in [2.05, 4.69) is 51.4 Å². The predicted molar refractivity (Wildman–Crippen MR) is 191 cm³/mol. The molecule has 2 aliphatic rings. The van der Waals surface area contributed by atoms with E-state index >= 15 is 0 Å². The minimum atomic E-state index is -3.21. The Morgan fingerprint density at radius 3 is 2.57 bits per heavy atom. The molecule has 1 saturated carbocycles. The van der Waals surface area contributed by atoms with Crippen molar-refractivity contribution in [2.24, 2.45) is 11.7 Å². The van der Waals surface area contributed by atoms with E-state index in [0.717, 1.165) is 69.8 Å². The third-order valence-corrected chi connectivity index (χ3v) is 11.3. The monoisotopic (exact) mass is 659 g/mol. The summed E-state index contributed by atoms with van der Waals surface area (Å²) in [6.07, 6.45) is 15.1. The van der Waals surface area contributed by atoms with Crippen molar-refractivity contribution in [3.05, 3.63) is 77.7 Å². The van der Waals surface area contributed by atoms with Gasteiger partial charge in [-0.25, -0.2) is 12.7 Å². The van der Waals surface area contributed by atoms with Gasteiger partial charge in [0.1, 0.15) is 10.8 Å². The van der Waals surface area contributed by atoms with E-state index in [0.29, 0.717) is 37.3 Å². The number of nitrogens with two attached hydrogens (primary N) is 1. The van der Waals surface area contributed by atoms with Gasteiger partial charge in [-0.3, -0.25) is 4.79 Å². The lowest BCUT2D eigenvalue weighted by atomic mass is 9.89. The van der Waals surface area contributed by atoms with Crippen LogP contribution in [0.3, 0.4) is 0 Å². The summed E-state index contributed by atoms with van der Waals surface area (Å²) in [5.41, 5.74) is 13.1. The Balaban J connectivity index is 1.17. The molecule has 0 unspecified atom stereocenters. The van der Waals surface area contributed by atoms with Crippen molar-refractivity contribution in [2.75, 3.05) is 31.2 Å². The number of ketones is 1. The van der Waals surface area contributed by atoms with Crippen LogP contribution in [0.2, 0.25) is 0 Å². The lowest BCUT2D eigenvalue weighted by molar-refractivity contribution is -0.118. The fourth-order valence-corrected chi connectivity index (χ4v) is 8.16. The van der Waals surface area contributed by atoms with E-state index in [1.807, 2.05) is 24.4 Å². The molecule has 3 heterocycles. The number of Topliss-reactive ketones (excluding diaryl/α,β-unsaturated/α-hetero) is 1. The molecule has 0 atom stereocenters. The molecule has 1 aliphatic heterocycles. The number of benzene rings is 2. The van der Waals surface area contributed by atoms with Crippen molar-refractivity contribution in [3.8, 4) is 11.1 Å². The van der Waals surface area contributed by atoms with Crippen LogP contribution in [0.5, 0.6) is 0 Å². The normalized spacial score (nSPS) is 17.0. The molecule has 10 heteroatoms. The first-order valence-electron chi connectivity index (χ1n) is 16.6. The summed E-state index contributed by atoms with van der Waals surface area (Å²) in [7, 11) is -3.21. The first kappa shape index (κ1) is 32.5. The minimum absolute atomic E-state index is 0.165. The second-order valence-electron chi connectivity index (χ2n) is 13.2. The number of nitrogens with zero attached hydrogens (tertiary/aromatic N) is 2. The highest BCUT2D eigenvalue weighted by molar-refractivity contribution is 7.88. The molecule has 2 aromatic heterocycles. The lowest BCUT2D eigenvalue weighted by Gasteiger charge is -2.31. The zero-order valence-corrected chi connectivity index (χ0v) is 28.3. The first-order valence-corrected chi connectivity index (χ1v) is 18.8. The Morgan fingerprint density at radius 1 is 1.04 bits per heavy atom. The van der Waals surface area contributed by atoms with Gasteiger partial charge in [-0.1, -0.05) is 61.8 Å². The number of anilines is 1. The zero-order valence-electron chi connectivity index (χ0n) is 26.6. The van der Waals surface area contributed by atoms with Gasteiger partial charge in [0.05, 0.1) is 11.9 Å². The second kappa shape index (κ2) is 14.1. The molecule has 0 amide bonds. The van der Waals surface area contributed by atoms with Gasteiger partial charge in [0, 0.05) is 78.6 Å². The van der Waals surface area contributed by atoms with Crippen molar-refractivity contribution in [3.63, 3.8) is 0 Å². The molecule has 0 bridgehead atoms. The number of aryl methyl sites for hydroxylation is 1. The summed E-state index contributed by atoms with van der Waals surface area (Å²) in [6.45, 7) is 2.00. The van der Waals surface area contributed by atoms with Crippen LogP contribution >= 0.6 is 12.2 Å². The third kappa shape index (κ3) is 7.73. The number of H-pyrrole nitrogens is 1. The summed E-state index contributed by atoms with van der Waals surface area (Å²) >= 11 is 5.25. The molecule has 1 saturated heterocycles. The van der Waals surface area contributed by atoms with Gasteiger partial charge in [-0.2, -0.15) is 0 Å². The Labute approximate surface area is 277 Å². The quantitative estimate of drug-likeness (QED) is 0.148. The molecular formula is C36H45N5O3S2. The lowest BCUT2D eigenvalue weighted by Crippen LogP contribution is -2.38. The van der Waals surface area contributed by atoms with E-state index < -0.39 is 10.0 Å². The van der Waals surface area contributed by atoms with Gasteiger partial charge in [-0.05, 0) is 67.3 Å². The van der Waals surface area contributed by atoms with E-state index in [-0.39, 0.29) is 11.8 Å². The molecular weight excluding hydrogens is 615 g/mol. The Bertz CT molecular complexity index is 1810. The van der Waals surface area contributed by atoms with Crippen LogP contribution in [0.4, 0.5) is 5.69 Å². The van der Waals surface area contributed by atoms with Gasteiger partial charge < -0.3 is 20.6 Å². The molecule has 244 valence electrons. The van der Waals surface area contributed by atoms with Crippen LogP contribution in [0.25, 0.3) is 22.0 Å². The van der Waals surface area contributed by atoms with E-state index in [9.17, 15) is 13.2 Å². The molecule has 6 rings (SSSR count). The Morgan fingerprint density at radius 2 is 1.83 bits per heavy atom. The number of thiocarbonyl (C=S) groups is 1. The van der Waals surface area contributed by atoms with Crippen LogP contribution in [0, 0.1) is 5.92 Å². The highest BCUT2D eigenvalue weighted by Gasteiger charge is 2.27. The van der Waals surface area contributed by atoms with Crippen LogP contribution in [-0.2, 0) is 27.7 Å². The number of fused-ring (bicyclic) bond motifs is 1. The van der Waals surface area contributed by atoms with Crippen molar-refractivity contribution >= 4 is 49.6 Å². The fraction of sp³-hybridized carbons (Fsp3) is 0.444. The van der Waals surface area contributed by atoms with Gasteiger partial charge in [0.25, 0.3) is 0 Å². The van der Waals surface area contributed by atoms with Crippen molar-refractivity contribution < 1.29 is 13.2 Å². The number of carbonyl (C=O) groups excluding carboxylic acids is 1. The Kier molecular flexibility index (Phi) is 9.96. The molecule has 0 spiro atoms. The number of hydrogen-bond donors (Lipinski definition) is 3. The van der Waals surface area contributed by atoms with Crippen molar-refractivity contribution in [1.82, 2.24) is 13.9 Å². The average Bonchev–Trinajstić information content (AvgIpc) is 3.67. The number of sulfonamides is 1. The van der Waals surface area contributed by atoms with Crippen LogP contribution in [0.15, 0.2) is 60.9 Å². The van der Waals surface area contributed by atoms with Crippen molar-refractivity contribution in [2.45, 2.75) is 70.3 Å². The maximum absolute atomic E-state index is 13.0. The molecule has 1 aliphatic carbocycles. The number of hydrogen-bond acceptors (Lipinski definition) is 5. The SMILES string of the molecule is CS(=O)(=O)N1CCC(n2cc(-c3cccc(C(N)=S)c3)c3ccc(CCC(=O)Cc4cc(NCC5CCCCC5)c[nH]4)cc32)CC1. The molecule has 2 aromatic carbocycles. The van der Waals surface area contributed by atoms with Crippen molar-refractivity contribution in [1.29, 1.82) is 0 Å². The van der Waals surface area contributed by atoms with Crippen LogP contribution < -0.4 is 11.1 Å². The molecule has 0 radical (unpaired) electrons. The highest BCUT2D eigenvalue weighted by atomic mass is 32.2. The number of piperidine rings is 1. The second-order valence-corrected chi connectivity index (χ2v) is 15.6. The van der Waals surface area contributed by atoms with Gasteiger partial charge in [0.15, 0.2) is 0 Å². The summed E-state index contributed by atoms with van der Waals surface area (Å²) in [5, 5.41) is 4.67. The number of aromatic amines is 1. The first-order chi connectivity index (χ1) is 22.1. The average molecular weight is 660 g/mol. The number of rotatable bonds is 12. The summed E-state index contributed by atoms with van der Waals surface area (Å²) in [5.74, 6) is 0.956. The standard InChI is InChI=1S/C36H45N5O3S2/c1-46(43,44)40-16-14-31(15-17-40)41-24-34(27-8-5-9-28(19-27)36(37)45)33-13-11-25(18-35(33)41)10-12-32(42)21-29-20-30(23-39-29)38-22-26-6-3-2-4-7-26/h5,8-9,11,13,18-20,23-24,26,31,38-39H,2-4,6-7,10,12,14-17,21-22H2,1H3,(H2,37,45). The summed E-state index contributed by atoms with van der Waals surface area (Å²) in [4.78, 5) is 16.7. The largest absolute Gasteiger partial charge is 0.389 e. The van der Waals surface area contributed by atoms with E-state index in [4.69, 9.17) is 18.0 Å². The highest BCUT2D eigenvalue weighted by Crippen LogP contribution is 2.37. The summed E-state index contributed by atoms with van der Waals surface area (Å²) < 4.78 is 28.2. The molecule has 46 heavy (non-hydrogen) atoms. The van der Waals surface area contributed by atoms with E-state index in [1.165, 1.54) is 38.4 Å². The number of carbonyl (C=O) groups is 1. The van der Waals surface area contributed by atoms with Gasteiger partial charge in [-0.15, -0.1) is 0 Å². The van der Waals surface area contributed by atoms with Crippen LogP contribution in [0.1, 0.15) is 74.2 Å². The minimum Gasteiger partial charge on any atom is -0.389 e. The maximum atomic E-state index is 13.0. The van der Waals surface area contributed by atoms with E-state index in [1.54, 1.807) is 4.31 Å². The molecule has 4 aromatic rings. The van der Waals surface area contributed by atoms with Crippen LogP contribution in [-0.4, -0.2) is 58.9 Å². The number of nitrogens with one attached hydrogen (secondary N) is 2. The van der Waals surface area contributed by atoms with Gasteiger partial charge in [0.2, 0.25) is 10.0 Å². The predicted octanol–water partition coefficient (Wildman–Crippen LogP) is 6.60. The number of aromatic nitrogens is 2. The molecule has 4 N–H and O–H groups in total. The molecule has 8 nitrogen and oxygen atoms in total. The molecule has 2 fully saturated rings. The maximum Gasteiger partial charge on any atom is 0.211 e.